The van der Waals surface area contributed by atoms with Gasteiger partial charge in [-0.15, -0.1) is 0 Å². The second kappa shape index (κ2) is 7.44. The van der Waals surface area contributed by atoms with Crippen LogP contribution in [0.2, 0.25) is 0 Å². The molecule has 2 amide bonds. The molecule has 0 aromatic heterocycles. The van der Waals surface area contributed by atoms with E-state index in [9.17, 15) is 14.4 Å². The van der Waals surface area contributed by atoms with Crippen LogP contribution >= 0.6 is 0 Å². The Hall–Kier alpha value is -1.83. The number of ether oxygens (including phenoxy) is 1. The van der Waals surface area contributed by atoms with E-state index in [0.29, 0.717) is 0 Å². The maximum atomic E-state index is 11.2. The predicted octanol–water partition coefficient (Wildman–Crippen LogP) is -1.32. The predicted molar refractivity (Wildman–Crippen MR) is 56.3 cm³/mol. The molecule has 0 aliphatic heterocycles. The first kappa shape index (κ1) is 15.2. The lowest BCUT2D eigenvalue weighted by Crippen LogP contribution is -2.51. The average Bonchev–Trinajstić information content (AvgIpc) is 2.22. The van der Waals surface area contributed by atoms with Crippen molar-refractivity contribution in [3.8, 4) is 0 Å². The van der Waals surface area contributed by atoms with E-state index in [4.69, 9.17) is 10.2 Å². The minimum absolute atomic E-state index is 0.188. The zero-order chi connectivity index (χ0) is 13.4. The molecule has 4 N–H and O–H groups in total. The van der Waals surface area contributed by atoms with E-state index in [1.165, 1.54) is 6.92 Å². The lowest BCUT2D eigenvalue weighted by Gasteiger charge is -2.17. The number of aliphatic hydroxyl groups is 1. The smallest absolute Gasteiger partial charge is 0.328 e. The zero-order valence-electron chi connectivity index (χ0n) is 9.60. The van der Waals surface area contributed by atoms with Crippen molar-refractivity contribution >= 4 is 18.0 Å². The number of carboxylic acids is 1. The van der Waals surface area contributed by atoms with Crippen molar-refractivity contribution in [3.05, 3.63) is 0 Å². The normalized spacial score (nSPS) is 13.4. The highest BCUT2D eigenvalue weighted by atomic mass is 16.5. The van der Waals surface area contributed by atoms with Gasteiger partial charge in [-0.1, -0.05) is 0 Å². The zero-order valence-corrected chi connectivity index (χ0v) is 9.60. The van der Waals surface area contributed by atoms with Crippen molar-refractivity contribution in [1.82, 2.24) is 10.6 Å². The van der Waals surface area contributed by atoms with Crippen LogP contribution < -0.4 is 10.6 Å². The first-order chi connectivity index (χ1) is 7.88. The van der Waals surface area contributed by atoms with E-state index in [0.717, 1.165) is 0 Å². The van der Waals surface area contributed by atoms with Crippen LogP contribution in [0.25, 0.3) is 0 Å². The van der Waals surface area contributed by atoms with Crippen LogP contribution in [0.15, 0.2) is 0 Å². The lowest BCUT2D eigenvalue weighted by molar-refractivity contribution is -0.142. The summed E-state index contributed by atoms with van der Waals surface area (Å²) in [6.07, 6.45) is -1.25. The molecule has 0 heterocycles. The van der Waals surface area contributed by atoms with Crippen LogP contribution in [0, 0.1) is 0 Å². The molecule has 0 spiro atoms. The number of hydrogen-bond donors (Lipinski definition) is 4. The third kappa shape index (κ3) is 6.36. The molecular formula is C9H16N2O6. The molecule has 98 valence electrons. The van der Waals surface area contributed by atoms with E-state index in [2.05, 4.69) is 10.1 Å². The topological polar surface area (TPSA) is 125 Å². The number of carbonyl (C=O) groups is 3. The summed E-state index contributed by atoms with van der Waals surface area (Å²) in [6, 6.07) is -2.30. The summed E-state index contributed by atoms with van der Waals surface area (Å²) in [5, 5.41) is 21.9. The quantitative estimate of drug-likeness (QED) is 0.432. The molecule has 2 atom stereocenters. The number of carbonyl (C=O) groups excluding carboxylic acids is 2. The van der Waals surface area contributed by atoms with E-state index >= 15 is 0 Å². The fourth-order valence-electron chi connectivity index (χ4n) is 0.945. The summed E-state index contributed by atoms with van der Waals surface area (Å²) >= 11 is 0. The van der Waals surface area contributed by atoms with Gasteiger partial charge in [0.05, 0.1) is 12.7 Å². The van der Waals surface area contributed by atoms with Gasteiger partial charge in [-0.05, 0) is 13.8 Å². The molecule has 0 aromatic carbocycles. The van der Waals surface area contributed by atoms with Crippen molar-refractivity contribution in [2.24, 2.45) is 0 Å². The number of rotatable bonds is 6. The Kier molecular flexibility index (Phi) is 6.64. The van der Waals surface area contributed by atoms with Crippen LogP contribution in [-0.2, 0) is 14.3 Å². The Balaban J connectivity index is 4.07. The molecule has 0 rings (SSSR count). The molecule has 0 aromatic rings. The maximum Gasteiger partial charge on any atom is 0.328 e. The summed E-state index contributed by atoms with van der Waals surface area (Å²) in [7, 11) is 0. The molecule has 0 saturated heterocycles. The standard InChI is InChI=1S/C9H16N2O6/c1-3-17-6(13)4-10-9(16)11-7(5(2)12)8(14)15/h5,7,12H,3-4H2,1-2H3,(H,14,15)(H2,10,11,16)/t5-,7+/m1/s1. The molecule has 17 heavy (non-hydrogen) atoms. The number of esters is 1. The van der Waals surface area contributed by atoms with E-state index < -0.39 is 30.1 Å². The summed E-state index contributed by atoms with van der Waals surface area (Å²) in [5.41, 5.74) is 0. The van der Waals surface area contributed by atoms with E-state index in [1.54, 1.807) is 6.92 Å². The van der Waals surface area contributed by atoms with Gasteiger partial charge in [0.15, 0.2) is 6.04 Å². The average molecular weight is 248 g/mol. The number of aliphatic hydroxyl groups excluding tert-OH is 1. The van der Waals surface area contributed by atoms with Crippen LogP contribution in [0.1, 0.15) is 13.8 Å². The fraction of sp³-hybridized carbons (Fsp3) is 0.667. The fourth-order valence-corrected chi connectivity index (χ4v) is 0.945. The highest BCUT2D eigenvalue weighted by Gasteiger charge is 2.24. The largest absolute Gasteiger partial charge is 0.480 e. The number of aliphatic carboxylic acids is 1. The Bertz CT molecular complexity index is 291. The first-order valence-corrected chi connectivity index (χ1v) is 4.99. The van der Waals surface area contributed by atoms with Crippen LogP contribution in [0.5, 0.6) is 0 Å². The second-order valence-electron chi connectivity index (χ2n) is 3.19. The number of urea groups is 1. The molecule has 0 saturated carbocycles. The third-order valence-electron chi connectivity index (χ3n) is 1.73. The van der Waals surface area contributed by atoms with Gasteiger partial charge >= 0.3 is 18.0 Å². The Morgan fingerprint density at radius 2 is 1.94 bits per heavy atom. The third-order valence-corrected chi connectivity index (χ3v) is 1.73. The first-order valence-electron chi connectivity index (χ1n) is 4.99. The summed E-state index contributed by atoms with van der Waals surface area (Å²) in [5.74, 6) is -2.00. The molecule has 8 nitrogen and oxygen atoms in total. The summed E-state index contributed by atoms with van der Waals surface area (Å²) < 4.78 is 4.55. The Morgan fingerprint density at radius 1 is 1.35 bits per heavy atom. The number of hydrogen-bond acceptors (Lipinski definition) is 5. The van der Waals surface area contributed by atoms with Crippen molar-refractivity contribution in [2.75, 3.05) is 13.2 Å². The highest BCUT2D eigenvalue weighted by molar-refractivity contribution is 5.85. The SMILES string of the molecule is CCOC(=O)CNC(=O)N[C@H](C(=O)O)[C@@H](C)O. The van der Waals surface area contributed by atoms with Crippen molar-refractivity contribution in [3.63, 3.8) is 0 Å². The summed E-state index contributed by atoms with van der Waals surface area (Å²) in [4.78, 5) is 32.7. The van der Waals surface area contributed by atoms with Crippen molar-refractivity contribution < 1.29 is 29.3 Å². The van der Waals surface area contributed by atoms with Crippen molar-refractivity contribution in [1.29, 1.82) is 0 Å². The molecule has 0 bridgehead atoms. The second-order valence-corrected chi connectivity index (χ2v) is 3.19. The van der Waals surface area contributed by atoms with E-state index in [1.807, 2.05) is 5.32 Å². The highest BCUT2D eigenvalue weighted by Crippen LogP contribution is 1.92. The molecule has 0 aliphatic carbocycles. The molecular weight excluding hydrogens is 232 g/mol. The molecule has 0 fully saturated rings. The molecule has 0 unspecified atom stereocenters. The van der Waals surface area contributed by atoms with Gasteiger partial charge < -0.3 is 25.6 Å². The number of amides is 2. The van der Waals surface area contributed by atoms with Gasteiger partial charge in [-0.3, -0.25) is 4.79 Å². The van der Waals surface area contributed by atoms with Crippen LogP contribution in [-0.4, -0.2) is 53.5 Å². The minimum Gasteiger partial charge on any atom is -0.480 e. The van der Waals surface area contributed by atoms with E-state index in [-0.39, 0.29) is 13.2 Å². The minimum atomic E-state index is -1.43. The van der Waals surface area contributed by atoms with Crippen LogP contribution in [0.3, 0.4) is 0 Å². The number of carboxylic acid groups (broad SMARTS) is 1. The molecule has 0 radical (unpaired) electrons. The van der Waals surface area contributed by atoms with Gasteiger partial charge in [0.2, 0.25) is 0 Å². The van der Waals surface area contributed by atoms with Crippen LogP contribution in [0.4, 0.5) is 4.79 Å². The van der Waals surface area contributed by atoms with Gasteiger partial charge in [0.1, 0.15) is 6.54 Å². The lowest BCUT2D eigenvalue weighted by atomic mass is 10.2. The Morgan fingerprint density at radius 3 is 2.35 bits per heavy atom. The summed E-state index contributed by atoms with van der Waals surface area (Å²) in [6.45, 7) is 2.66. The van der Waals surface area contributed by atoms with Gasteiger partial charge in [-0.25, -0.2) is 9.59 Å². The van der Waals surface area contributed by atoms with Gasteiger partial charge in [-0.2, -0.15) is 0 Å². The van der Waals surface area contributed by atoms with Gasteiger partial charge in [0, 0.05) is 0 Å². The molecule has 0 aliphatic rings. The van der Waals surface area contributed by atoms with Crippen molar-refractivity contribution in [2.45, 2.75) is 26.0 Å². The van der Waals surface area contributed by atoms with Gasteiger partial charge in [0.25, 0.3) is 0 Å². The molecule has 8 heteroatoms. The number of nitrogens with one attached hydrogen (secondary N) is 2. The maximum absolute atomic E-state index is 11.2. The Labute approximate surface area is 97.9 Å². The monoisotopic (exact) mass is 248 g/mol.